The summed E-state index contributed by atoms with van der Waals surface area (Å²) in [5, 5.41) is 0. The molecular formula is C12H15IO3. The van der Waals surface area contributed by atoms with Gasteiger partial charge >= 0.3 is 5.97 Å². The lowest BCUT2D eigenvalue weighted by atomic mass is 10.2. The highest BCUT2D eigenvalue weighted by atomic mass is 127. The smallest absolute Gasteiger partial charge is 0.338 e. The zero-order valence-electron chi connectivity index (χ0n) is 9.46. The first kappa shape index (κ1) is 13.3. The van der Waals surface area contributed by atoms with Crippen LogP contribution < -0.4 is 4.74 Å². The van der Waals surface area contributed by atoms with Gasteiger partial charge < -0.3 is 9.47 Å². The third-order valence-corrected chi connectivity index (χ3v) is 2.80. The minimum atomic E-state index is -0.305. The summed E-state index contributed by atoms with van der Waals surface area (Å²) in [4.78, 5) is 11.5. The highest BCUT2D eigenvalue weighted by Gasteiger charge is 2.09. The Bertz CT molecular complexity index is 363. The third kappa shape index (κ3) is 3.66. The Balaban J connectivity index is 2.84. The Morgan fingerprint density at radius 3 is 2.75 bits per heavy atom. The number of hydrogen-bond acceptors (Lipinski definition) is 3. The van der Waals surface area contributed by atoms with Crippen LogP contribution in [-0.2, 0) is 4.74 Å². The van der Waals surface area contributed by atoms with Crippen molar-refractivity contribution in [1.29, 1.82) is 0 Å². The number of ether oxygens (including phenoxy) is 2. The molecule has 0 spiro atoms. The van der Waals surface area contributed by atoms with Gasteiger partial charge in [-0.3, -0.25) is 0 Å². The van der Waals surface area contributed by atoms with Crippen LogP contribution in [0.4, 0.5) is 0 Å². The number of rotatable bonds is 5. The molecule has 0 heterocycles. The average molecular weight is 334 g/mol. The normalized spacial score (nSPS) is 9.94. The van der Waals surface area contributed by atoms with Crippen LogP contribution >= 0.6 is 22.6 Å². The van der Waals surface area contributed by atoms with Crippen molar-refractivity contribution in [3.05, 3.63) is 27.3 Å². The fourth-order valence-corrected chi connectivity index (χ4v) is 1.66. The molecule has 0 fully saturated rings. The highest BCUT2D eigenvalue weighted by Crippen LogP contribution is 2.22. The maximum atomic E-state index is 11.5. The molecule has 0 bridgehead atoms. The molecule has 0 radical (unpaired) electrons. The van der Waals surface area contributed by atoms with Crippen LogP contribution in [0, 0.1) is 3.57 Å². The lowest BCUT2D eigenvalue weighted by Gasteiger charge is -2.08. The van der Waals surface area contributed by atoms with Crippen LogP contribution in [0.15, 0.2) is 18.2 Å². The summed E-state index contributed by atoms with van der Waals surface area (Å²) >= 11 is 2.18. The SMILES string of the molecule is CCCOc1cc(C(=O)OCC)ccc1I. The Morgan fingerprint density at radius 2 is 2.12 bits per heavy atom. The van der Waals surface area contributed by atoms with Crippen molar-refractivity contribution in [2.24, 2.45) is 0 Å². The Kier molecular flexibility index (Phi) is 5.59. The van der Waals surface area contributed by atoms with E-state index in [-0.39, 0.29) is 5.97 Å². The molecule has 0 saturated carbocycles. The van der Waals surface area contributed by atoms with E-state index in [1.54, 1.807) is 19.1 Å². The summed E-state index contributed by atoms with van der Waals surface area (Å²) in [6, 6.07) is 5.34. The number of esters is 1. The van der Waals surface area contributed by atoms with Gasteiger partial charge in [0.05, 0.1) is 22.3 Å². The van der Waals surface area contributed by atoms with Gasteiger partial charge in [-0.2, -0.15) is 0 Å². The van der Waals surface area contributed by atoms with Crippen LogP contribution in [0.3, 0.4) is 0 Å². The zero-order chi connectivity index (χ0) is 12.0. The van der Waals surface area contributed by atoms with Gasteiger partial charge in [0.25, 0.3) is 0 Å². The highest BCUT2D eigenvalue weighted by molar-refractivity contribution is 14.1. The van der Waals surface area contributed by atoms with Crippen molar-refractivity contribution in [1.82, 2.24) is 0 Å². The minimum absolute atomic E-state index is 0.305. The van der Waals surface area contributed by atoms with E-state index in [9.17, 15) is 4.79 Å². The van der Waals surface area contributed by atoms with Crippen LogP contribution in [0.25, 0.3) is 0 Å². The van der Waals surface area contributed by atoms with Crippen molar-refractivity contribution < 1.29 is 14.3 Å². The third-order valence-electron chi connectivity index (χ3n) is 1.90. The minimum Gasteiger partial charge on any atom is -0.492 e. The van der Waals surface area contributed by atoms with Crippen molar-refractivity contribution in [3.63, 3.8) is 0 Å². The van der Waals surface area contributed by atoms with E-state index in [0.717, 1.165) is 15.7 Å². The molecular weight excluding hydrogens is 319 g/mol. The predicted octanol–water partition coefficient (Wildman–Crippen LogP) is 3.26. The Morgan fingerprint density at radius 1 is 1.38 bits per heavy atom. The van der Waals surface area contributed by atoms with Crippen molar-refractivity contribution >= 4 is 28.6 Å². The summed E-state index contributed by atoms with van der Waals surface area (Å²) in [5.41, 5.74) is 0.536. The fourth-order valence-electron chi connectivity index (χ4n) is 1.17. The van der Waals surface area contributed by atoms with E-state index in [1.807, 2.05) is 13.0 Å². The lowest BCUT2D eigenvalue weighted by molar-refractivity contribution is 0.0526. The van der Waals surface area contributed by atoms with E-state index in [1.165, 1.54) is 0 Å². The first-order valence-corrected chi connectivity index (χ1v) is 6.36. The van der Waals surface area contributed by atoms with E-state index < -0.39 is 0 Å². The molecule has 0 aromatic heterocycles. The van der Waals surface area contributed by atoms with Gasteiger partial charge in [-0.1, -0.05) is 6.92 Å². The van der Waals surface area contributed by atoms with Gasteiger partial charge in [0.2, 0.25) is 0 Å². The first-order chi connectivity index (χ1) is 7.69. The van der Waals surface area contributed by atoms with Gasteiger partial charge in [0.1, 0.15) is 5.75 Å². The number of hydrogen-bond donors (Lipinski definition) is 0. The Labute approximate surface area is 109 Å². The van der Waals surface area contributed by atoms with Crippen LogP contribution in [0.5, 0.6) is 5.75 Å². The molecule has 0 aliphatic rings. The second-order valence-corrected chi connectivity index (χ2v) is 4.38. The van der Waals surface area contributed by atoms with Crippen molar-refractivity contribution in [2.45, 2.75) is 20.3 Å². The molecule has 0 unspecified atom stereocenters. The second kappa shape index (κ2) is 6.73. The monoisotopic (exact) mass is 334 g/mol. The van der Waals surface area contributed by atoms with Gasteiger partial charge in [-0.25, -0.2) is 4.79 Å². The van der Waals surface area contributed by atoms with Gasteiger partial charge in [0.15, 0.2) is 0 Å². The predicted molar refractivity (Wildman–Crippen MR) is 70.9 cm³/mol. The summed E-state index contributed by atoms with van der Waals surface area (Å²) < 4.78 is 11.5. The number of benzene rings is 1. The molecule has 0 aliphatic heterocycles. The molecule has 1 aromatic carbocycles. The molecule has 88 valence electrons. The maximum absolute atomic E-state index is 11.5. The van der Waals surface area contributed by atoms with E-state index in [2.05, 4.69) is 22.6 Å². The quantitative estimate of drug-likeness (QED) is 0.613. The van der Waals surface area contributed by atoms with Crippen LogP contribution in [-0.4, -0.2) is 19.2 Å². The van der Waals surface area contributed by atoms with Crippen molar-refractivity contribution in [3.8, 4) is 5.75 Å². The van der Waals surface area contributed by atoms with Gasteiger partial charge in [-0.15, -0.1) is 0 Å². The molecule has 1 rings (SSSR count). The summed E-state index contributed by atoms with van der Waals surface area (Å²) in [6.45, 7) is 4.87. The molecule has 0 aliphatic carbocycles. The van der Waals surface area contributed by atoms with Crippen molar-refractivity contribution in [2.75, 3.05) is 13.2 Å². The molecule has 0 amide bonds. The molecule has 4 heteroatoms. The number of carbonyl (C=O) groups is 1. The average Bonchev–Trinajstić information content (AvgIpc) is 2.28. The summed E-state index contributed by atoms with van der Waals surface area (Å²) in [6.07, 6.45) is 0.944. The Hall–Kier alpha value is -0.780. The summed E-state index contributed by atoms with van der Waals surface area (Å²) in [5.74, 6) is 0.438. The maximum Gasteiger partial charge on any atom is 0.338 e. The lowest BCUT2D eigenvalue weighted by Crippen LogP contribution is -2.06. The number of carbonyl (C=O) groups excluding carboxylic acids is 1. The van der Waals surface area contributed by atoms with Gasteiger partial charge in [0, 0.05) is 0 Å². The van der Waals surface area contributed by atoms with E-state index >= 15 is 0 Å². The molecule has 3 nitrogen and oxygen atoms in total. The second-order valence-electron chi connectivity index (χ2n) is 3.21. The standard InChI is InChI=1S/C12H15IO3/c1-3-7-16-11-8-9(5-6-10(11)13)12(14)15-4-2/h5-6,8H,3-4,7H2,1-2H3. The number of halogens is 1. The largest absolute Gasteiger partial charge is 0.492 e. The fraction of sp³-hybridized carbons (Fsp3) is 0.417. The zero-order valence-corrected chi connectivity index (χ0v) is 11.6. The summed E-state index contributed by atoms with van der Waals surface area (Å²) in [7, 11) is 0. The molecule has 1 aromatic rings. The topological polar surface area (TPSA) is 35.5 Å². The molecule has 0 atom stereocenters. The van der Waals surface area contributed by atoms with E-state index in [4.69, 9.17) is 9.47 Å². The van der Waals surface area contributed by atoms with Crippen LogP contribution in [0.1, 0.15) is 30.6 Å². The molecule has 16 heavy (non-hydrogen) atoms. The van der Waals surface area contributed by atoms with Crippen LogP contribution in [0.2, 0.25) is 0 Å². The first-order valence-electron chi connectivity index (χ1n) is 5.28. The van der Waals surface area contributed by atoms with E-state index in [0.29, 0.717) is 18.8 Å². The van der Waals surface area contributed by atoms with Gasteiger partial charge in [-0.05, 0) is 54.1 Å². The molecule has 0 N–H and O–H groups in total. The molecule has 0 saturated heterocycles.